The molecule has 1 amide bonds. The Morgan fingerprint density at radius 3 is 3.12 bits per heavy atom. The Labute approximate surface area is 105 Å². The topological polar surface area (TPSA) is 63.2 Å². The quantitative estimate of drug-likeness (QED) is 0.805. The fourth-order valence-electron chi connectivity index (χ4n) is 1.72. The van der Waals surface area contributed by atoms with Gasteiger partial charge in [0.2, 0.25) is 5.91 Å². The molecule has 94 valence electrons. The first-order valence-corrected chi connectivity index (χ1v) is 6.69. The number of carbonyl (C=O) groups is 1. The van der Waals surface area contributed by atoms with Gasteiger partial charge in [-0.25, -0.2) is 0 Å². The van der Waals surface area contributed by atoms with E-state index in [-0.39, 0.29) is 18.6 Å². The third-order valence-electron chi connectivity index (χ3n) is 2.68. The van der Waals surface area contributed by atoms with E-state index in [1.807, 2.05) is 0 Å². The van der Waals surface area contributed by atoms with E-state index in [1.165, 1.54) is 11.3 Å². The second-order valence-corrected chi connectivity index (χ2v) is 4.98. The van der Waals surface area contributed by atoms with Crippen molar-refractivity contribution in [3.05, 3.63) is 16.6 Å². The standard InChI is InChI=1S/C11H17N3O2S/c15-11(14-6-10-5-13-8-17-10)7-16-9-1-3-12-4-2-9/h5,8-9,12H,1-4,6-7H2,(H,14,15). The van der Waals surface area contributed by atoms with Crippen LogP contribution in [0.4, 0.5) is 0 Å². The van der Waals surface area contributed by atoms with Crippen LogP contribution < -0.4 is 10.6 Å². The fraction of sp³-hybridized carbons (Fsp3) is 0.636. The number of rotatable bonds is 5. The van der Waals surface area contributed by atoms with Crippen LogP contribution in [0.2, 0.25) is 0 Å². The van der Waals surface area contributed by atoms with Crippen LogP contribution in [0.25, 0.3) is 0 Å². The van der Waals surface area contributed by atoms with E-state index in [0.29, 0.717) is 6.54 Å². The number of amides is 1. The normalized spacial score (nSPS) is 16.9. The summed E-state index contributed by atoms with van der Waals surface area (Å²) in [6.07, 6.45) is 3.97. The second-order valence-electron chi connectivity index (χ2n) is 4.00. The van der Waals surface area contributed by atoms with Crippen LogP contribution in [-0.2, 0) is 16.1 Å². The summed E-state index contributed by atoms with van der Waals surface area (Å²) in [5.41, 5.74) is 1.76. The molecule has 0 bridgehead atoms. The lowest BCUT2D eigenvalue weighted by molar-refractivity contribution is -0.128. The van der Waals surface area contributed by atoms with Crippen molar-refractivity contribution >= 4 is 17.2 Å². The number of hydrogen-bond donors (Lipinski definition) is 2. The largest absolute Gasteiger partial charge is 0.368 e. The van der Waals surface area contributed by atoms with Gasteiger partial charge in [-0.1, -0.05) is 0 Å². The van der Waals surface area contributed by atoms with Gasteiger partial charge in [-0.05, 0) is 25.9 Å². The van der Waals surface area contributed by atoms with Crippen molar-refractivity contribution < 1.29 is 9.53 Å². The SMILES string of the molecule is O=C(COC1CCNCC1)NCc1cncs1. The molecular weight excluding hydrogens is 238 g/mol. The van der Waals surface area contributed by atoms with Crippen molar-refractivity contribution in [1.82, 2.24) is 15.6 Å². The molecule has 0 saturated carbocycles. The maximum Gasteiger partial charge on any atom is 0.246 e. The lowest BCUT2D eigenvalue weighted by Crippen LogP contribution is -2.35. The Kier molecular flexibility index (Phi) is 4.90. The maximum absolute atomic E-state index is 11.5. The number of thiazole rings is 1. The molecule has 0 unspecified atom stereocenters. The Morgan fingerprint density at radius 1 is 1.59 bits per heavy atom. The number of ether oxygens (including phenoxy) is 1. The molecule has 2 N–H and O–H groups in total. The molecule has 0 atom stereocenters. The lowest BCUT2D eigenvalue weighted by atomic mass is 10.1. The summed E-state index contributed by atoms with van der Waals surface area (Å²) in [6.45, 7) is 2.66. The summed E-state index contributed by atoms with van der Waals surface area (Å²) in [5.74, 6) is -0.0584. The molecule has 0 aliphatic carbocycles. The van der Waals surface area contributed by atoms with Crippen LogP contribution in [0.15, 0.2) is 11.7 Å². The van der Waals surface area contributed by atoms with Gasteiger partial charge in [-0.2, -0.15) is 0 Å². The predicted molar refractivity (Wildman–Crippen MR) is 65.8 cm³/mol. The average molecular weight is 255 g/mol. The number of carbonyl (C=O) groups excluding carboxylic acids is 1. The minimum atomic E-state index is -0.0584. The second kappa shape index (κ2) is 6.68. The highest BCUT2D eigenvalue weighted by Crippen LogP contribution is 2.07. The molecule has 1 aromatic rings. The van der Waals surface area contributed by atoms with E-state index in [2.05, 4.69) is 15.6 Å². The first-order valence-electron chi connectivity index (χ1n) is 5.81. The monoisotopic (exact) mass is 255 g/mol. The minimum Gasteiger partial charge on any atom is -0.368 e. The molecule has 0 radical (unpaired) electrons. The summed E-state index contributed by atoms with van der Waals surface area (Å²) in [6, 6.07) is 0. The van der Waals surface area contributed by atoms with Crippen LogP contribution in [0, 0.1) is 0 Å². The summed E-state index contributed by atoms with van der Waals surface area (Å²) >= 11 is 1.54. The molecule has 1 aromatic heterocycles. The summed E-state index contributed by atoms with van der Waals surface area (Å²) < 4.78 is 5.55. The smallest absolute Gasteiger partial charge is 0.246 e. The Hall–Kier alpha value is -0.980. The average Bonchev–Trinajstić information content (AvgIpc) is 2.88. The van der Waals surface area contributed by atoms with Crippen LogP contribution in [0.1, 0.15) is 17.7 Å². The van der Waals surface area contributed by atoms with Gasteiger partial charge in [-0.15, -0.1) is 11.3 Å². The number of piperidine rings is 1. The van der Waals surface area contributed by atoms with Crippen molar-refractivity contribution in [3.8, 4) is 0 Å². The zero-order chi connectivity index (χ0) is 11.9. The first-order chi connectivity index (χ1) is 8.34. The number of aromatic nitrogens is 1. The van der Waals surface area contributed by atoms with Crippen molar-refractivity contribution in [2.75, 3.05) is 19.7 Å². The number of nitrogens with one attached hydrogen (secondary N) is 2. The van der Waals surface area contributed by atoms with Gasteiger partial charge in [0.25, 0.3) is 0 Å². The van der Waals surface area contributed by atoms with E-state index in [4.69, 9.17) is 4.74 Å². The van der Waals surface area contributed by atoms with Gasteiger partial charge in [0, 0.05) is 11.1 Å². The molecule has 5 nitrogen and oxygen atoms in total. The van der Waals surface area contributed by atoms with Crippen molar-refractivity contribution in [2.24, 2.45) is 0 Å². The van der Waals surface area contributed by atoms with Gasteiger partial charge < -0.3 is 15.4 Å². The van der Waals surface area contributed by atoms with Crippen molar-refractivity contribution in [1.29, 1.82) is 0 Å². The molecule has 1 saturated heterocycles. The highest BCUT2D eigenvalue weighted by Gasteiger charge is 2.14. The molecule has 0 aromatic carbocycles. The number of nitrogens with zero attached hydrogens (tertiary/aromatic N) is 1. The van der Waals surface area contributed by atoms with E-state index in [1.54, 1.807) is 11.7 Å². The lowest BCUT2D eigenvalue weighted by Gasteiger charge is -2.22. The minimum absolute atomic E-state index is 0.0584. The van der Waals surface area contributed by atoms with Crippen LogP contribution in [0.3, 0.4) is 0 Å². The summed E-state index contributed by atoms with van der Waals surface area (Å²) in [4.78, 5) is 16.5. The van der Waals surface area contributed by atoms with Crippen LogP contribution in [-0.4, -0.2) is 36.7 Å². The maximum atomic E-state index is 11.5. The number of hydrogen-bond acceptors (Lipinski definition) is 5. The zero-order valence-electron chi connectivity index (χ0n) is 9.65. The van der Waals surface area contributed by atoms with Gasteiger partial charge in [0.15, 0.2) is 0 Å². The molecular formula is C11H17N3O2S. The summed E-state index contributed by atoms with van der Waals surface area (Å²) in [5, 5.41) is 6.08. The molecule has 1 aliphatic heterocycles. The van der Waals surface area contributed by atoms with Gasteiger partial charge >= 0.3 is 0 Å². The Morgan fingerprint density at radius 2 is 2.41 bits per heavy atom. The van der Waals surface area contributed by atoms with E-state index >= 15 is 0 Å². The van der Waals surface area contributed by atoms with Crippen LogP contribution in [0.5, 0.6) is 0 Å². The molecule has 17 heavy (non-hydrogen) atoms. The highest BCUT2D eigenvalue weighted by atomic mass is 32.1. The highest BCUT2D eigenvalue weighted by molar-refractivity contribution is 7.09. The third kappa shape index (κ3) is 4.41. The van der Waals surface area contributed by atoms with E-state index in [9.17, 15) is 4.79 Å². The molecule has 2 heterocycles. The molecule has 6 heteroatoms. The molecule has 1 fully saturated rings. The zero-order valence-corrected chi connectivity index (χ0v) is 10.5. The third-order valence-corrected chi connectivity index (χ3v) is 3.46. The van der Waals surface area contributed by atoms with Gasteiger partial charge in [-0.3, -0.25) is 9.78 Å². The van der Waals surface area contributed by atoms with E-state index in [0.717, 1.165) is 30.8 Å². The van der Waals surface area contributed by atoms with Crippen molar-refractivity contribution in [3.63, 3.8) is 0 Å². The predicted octanol–water partition coefficient (Wildman–Crippen LogP) is 0.528. The van der Waals surface area contributed by atoms with Crippen LogP contribution >= 0.6 is 11.3 Å². The molecule has 1 aliphatic rings. The first kappa shape index (κ1) is 12.5. The van der Waals surface area contributed by atoms with Crippen molar-refractivity contribution in [2.45, 2.75) is 25.5 Å². The molecule has 2 rings (SSSR count). The van der Waals surface area contributed by atoms with Gasteiger partial charge in [0.05, 0.1) is 18.2 Å². The Balaban J connectivity index is 1.60. The summed E-state index contributed by atoms with van der Waals surface area (Å²) in [7, 11) is 0. The Bertz CT molecular complexity index is 336. The van der Waals surface area contributed by atoms with Gasteiger partial charge in [0.1, 0.15) is 6.61 Å². The molecule has 0 spiro atoms. The van der Waals surface area contributed by atoms with E-state index < -0.39 is 0 Å². The fourth-order valence-corrected chi connectivity index (χ4v) is 2.26.